The molecule has 0 aliphatic heterocycles. The van der Waals surface area contributed by atoms with E-state index in [0.29, 0.717) is 11.4 Å². The van der Waals surface area contributed by atoms with Crippen molar-refractivity contribution in [2.75, 3.05) is 0 Å². The van der Waals surface area contributed by atoms with Crippen LogP contribution in [0.5, 0.6) is 0 Å². The third kappa shape index (κ3) is 2.03. The number of aromatic nitrogens is 2. The molecule has 0 aliphatic rings. The highest BCUT2D eigenvalue weighted by Gasteiger charge is 2.05. The molecular formula is C14H12N6. The highest BCUT2D eigenvalue weighted by molar-refractivity contribution is 6.04. The van der Waals surface area contributed by atoms with Crippen LogP contribution in [0, 0.1) is 0 Å². The second-order valence-electron chi connectivity index (χ2n) is 4.24. The predicted octanol–water partition coefficient (Wildman–Crippen LogP) is 1.37. The fraction of sp³-hybridized carbons (Fsp3) is 0. The number of pyridine rings is 2. The van der Waals surface area contributed by atoms with Crippen LogP contribution in [0.25, 0.3) is 21.8 Å². The van der Waals surface area contributed by atoms with E-state index in [1.54, 1.807) is 0 Å². The van der Waals surface area contributed by atoms with E-state index in [9.17, 15) is 0 Å². The van der Waals surface area contributed by atoms with Gasteiger partial charge in [-0.2, -0.15) is 10.2 Å². The first-order valence-electron chi connectivity index (χ1n) is 5.99. The number of benzene rings is 1. The van der Waals surface area contributed by atoms with Gasteiger partial charge in [0.15, 0.2) is 0 Å². The van der Waals surface area contributed by atoms with Gasteiger partial charge in [-0.1, -0.05) is 24.3 Å². The third-order valence-electron chi connectivity index (χ3n) is 2.98. The molecule has 0 unspecified atom stereocenters. The number of hydrazone groups is 2. The lowest BCUT2D eigenvalue weighted by molar-refractivity contribution is 1.24. The number of hydrogen-bond acceptors (Lipinski definition) is 6. The lowest BCUT2D eigenvalue weighted by Gasteiger charge is -2.04. The summed E-state index contributed by atoms with van der Waals surface area (Å²) in [6.45, 7) is 0. The summed E-state index contributed by atoms with van der Waals surface area (Å²) in [7, 11) is 0. The van der Waals surface area contributed by atoms with Gasteiger partial charge < -0.3 is 11.7 Å². The Hall–Kier alpha value is -3.02. The first-order chi connectivity index (χ1) is 9.81. The molecular weight excluding hydrogens is 252 g/mol. The first-order valence-corrected chi connectivity index (χ1v) is 5.99. The maximum atomic E-state index is 5.16. The lowest BCUT2D eigenvalue weighted by atomic mass is 10.1. The zero-order chi connectivity index (χ0) is 13.9. The normalized spacial score (nSPS) is 12.0. The Kier molecular flexibility index (Phi) is 2.96. The van der Waals surface area contributed by atoms with Crippen LogP contribution >= 0.6 is 0 Å². The fourth-order valence-corrected chi connectivity index (χ4v) is 2.09. The van der Waals surface area contributed by atoms with E-state index in [0.717, 1.165) is 21.8 Å². The minimum absolute atomic E-state index is 0.687. The van der Waals surface area contributed by atoms with Gasteiger partial charge in [-0.05, 0) is 12.1 Å². The third-order valence-corrected chi connectivity index (χ3v) is 2.98. The summed E-state index contributed by atoms with van der Waals surface area (Å²) in [6, 6.07) is 11.7. The standard InChI is InChI=1S/C14H12N6/c15-17-7-11-5-3-9-1-2-10-4-6-12(8-18-16)20-14(10)13(9)19-11/h1-8H,15-16H2/b17-7+,18-8+. The van der Waals surface area contributed by atoms with E-state index in [2.05, 4.69) is 20.2 Å². The quantitative estimate of drug-likeness (QED) is 0.316. The smallest absolute Gasteiger partial charge is 0.0972 e. The van der Waals surface area contributed by atoms with E-state index >= 15 is 0 Å². The molecule has 98 valence electrons. The number of fused-ring (bicyclic) bond motifs is 3. The van der Waals surface area contributed by atoms with Crippen molar-refractivity contribution in [2.24, 2.45) is 21.9 Å². The maximum Gasteiger partial charge on any atom is 0.0972 e. The minimum atomic E-state index is 0.687. The summed E-state index contributed by atoms with van der Waals surface area (Å²) in [4.78, 5) is 9.05. The molecule has 20 heavy (non-hydrogen) atoms. The summed E-state index contributed by atoms with van der Waals surface area (Å²) < 4.78 is 0. The Bertz CT molecular complexity index is 767. The van der Waals surface area contributed by atoms with Crippen molar-refractivity contribution in [2.45, 2.75) is 0 Å². The van der Waals surface area contributed by atoms with Gasteiger partial charge >= 0.3 is 0 Å². The molecule has 3 aromatic rings. The molecule has 2 heterocycles. The Morgan fingerprint density at radius 3 is 1.50 bits per heavy atom. The van der Waals surface area contributed by atoms with Crippen LogP contribution < -0.4 is 11.7 Å². The van der Waals surface area contributed by atoms with E-state index < -0.39 is 0 Å². The summed E-state index contributed by atoms with van der Waals surface area (Å²) in [5.74, 6) is 10.3. The molecule has 1 aromatic carbocycles. The van der Waals surface area contributed by atoms with Crippen molar-refractivity contribution in [1.82, 2.24) is 9.97 Å². The Balaban J connectivity index is 2.35. The van der Waals surface area contributed by atoms with Gasteiger partial charge in [0.25, 0.3) is 0 Å². The van der Waals surface area contributed by atoms with Gasteiger partial charge in [-0.15, -0.1) is 0 Å². The fourth-order valence-electron chi connectivity index (χ4n) is 2.09. The summed E-state index contributed by atoms with van der Waals surface area (Å²) >= 11 is 0. The van der Waals surface area contributed by atoms with Gasteiger partial charge in [0.2, 0.25) is 0 Å². The van der Waals surface area contributed by atoms with Crippen molar-refractivity contribution in [1.29, 1.82) is 0 Å². The maximum absolute atomic E-state index is 5.16. The molecule has 0 spiro atoms. The molecule has 0 fully saturated rings. The topological polar surface area (TPSA) is 103 Å². The molecule has 0 saturated heterocycles. The van der Waals surface area contributed by atoms with Crippen LogP contribution in [-0.4, -0.2) is 22.4 Å². The van der Waals surface area contributed by atoms with E-state index in [1.807, 2.05) is 36.4 Å². The number of nitrogens with two attached hydrogens (primary N) is 2. The van der Waals surface area contributed by atoms with Gasteiger partial charge in [0.1, 0.15) is 0 Å². The van der Waals surface area contributed by atoms with Crippen LogP contribution in [0.3, 0.4) is 0 Å². The summed E-state index contributed by atoms with van der Waals surface area (Å²) in [5.41, 5.74) is 2.97. The second kappa shape index (κ2) is 4.93. The molecule has 0 radical (unpaired) electrons. The predicted molar refractivity (Wildman–Crippen MR) is 80.6 cm³/mol. The van der Waals surface area contributed by atoms with Crippen molar-refractivity contribution in [3.63, 3.8) is 0 Å². The molecule has 0 amide bonds. The average molecular weight is 264 g/mol. The molecule has 2 aromatic heterocycles. The lowest BCUT2D eigenvalue weighted by Crippen LogP contribution is -1.95. The van der Waals surface area contributed by atoms with Gasteiger partial charge in [0.05, 0.1) is 34.9 Å². The van der Waals surface area contributed by atoms with E-state index in [1.165, 1.54) is 12.4 Å². The van der Waals surface area contributed by atoms with E-state index in [4.69, 9.17) is 11.7 Å². The SMILES string of the molecule is N/N=C/c1ccc2ccc3ccc(/C=N/N)nc3c2n1. The molecule has 0 atom stereocenters. The van der Waals surface area contributed by atoms with Crippen molar-refractivity contribution < 1.29 is 0 Å². The summed E-state index contributed by atoms with van der Waals surface area (Å²) in [6.07, 6.45) is 3.01. The minimum Gasteiger partial charge on any atom is -0.323 e. The van der Waals surface area contributed by atoms with Crippen molar-refractivity contribution in [3.05, 3.63) is 47.8 Å². The monoisotopic (exact) mass is 264 g/mol. The molecule has 0 bridgehead atoms. The summed E-state index contributed by atoms with van der Waals surface area (Å²) in [5, 5.41) is 8.99. The number of nitrogens with zero attached hydrogens (tertiary/aromatic N) is 4. The van der Waals surface area contributed by atoms with Crippen LogP contribution in [-0.2, 0) is 0 Å². The zero-order valence-electron chi connectivity index (χ0n) is 10.6. The molecule has 4 N–H and O–H groups in total. The molecule has 3 rings (SSSR count). The average Bonchev–Trinajstić information content (AvgIpc) is 2.48. The van der Waals surface area contributed by atoms with Gasteiger partial charge in [0, 0.05) is 10.8 Å². The zero-order valence-corrected chi connectivity index (χ0v) is 10.6. The molecule has 0 saturated carbocycles. The molecule has 6 nitrogen and oxygen atoms in total. The number of hydrogen-bond donors (Lipinski definition) is 2. The van der Waals surface area contributed by atoms with Crippen molar-refractivity contribution >= 4 is 34.2 Å². The van der Waals surface area contributed by atoms with Crippen LogP contribution in [0.4, 0.5) is 0 Å². The van der Waals surface area contributed by atoms with Gasteiger partial charge in [-0.25, -0.2) is 9.97 Å². The first kappa shape index (κ1) is 12.0. The molecule has 0 aliphatic carbocycles. The highest BCUT2D eigenvalue weighted by atomic mass is 15.1. The van der Waals surface area contributed by atoms with Crippen molar-refractivity contribution in [3.8, 4) is 0 Å². The largest absolute Gasteiger partial charge is 0.323 e. The second-order valence-corrected chi connectivity index (χ2v) is 4.24. The van der Waals surface area contributed by atoms with Crippen LogP contribution in [0.2, 0.25) is 0 Å². The number of rotatable bonds is 2. The van der Waals surface area contributed by atoms with Gasteiger partial charge in [-0.3, -0.25) is 0 Å². The Morgan fingerprint density at radius 1 is 0.700 bits per heavy atom. The Morgan fingerprint density at radius 2 is 1.10 bits per heavy atom. The highest BCUT2D eigenvalue weighted by Crippen LogP contribution is 2.22. The van der Waals surface area contributed by atoms with Crippen LogP contribution in [0.15, 0.2) is 46.6 Å². The molecule has 6 heteroatoms. The van der Waals surface area contributed by atoms with E-state index in [-0.39, 0.29) is 0 Å². The Labute approximate surface area is 114 Å². The van der Waals surface area contributed by atoms with Crippen LogP contribution in [0.1, 0.15) is 11.4 Å².